The number of aromatic hydroxyl groups is 1. The Morgan fingerprint density at radius 2 is 1.79 bits per heavy atom. The molecule has 0 saturated carbocycles. The van der Waals surface area contributed by atoms with Gasteiger partial charge in [-0.2, -0.15) is 0 Å². The minimum absolute atomic E-state index is 0.0629. The van der Waals surface area contributed by atoms with Crippen LogP contribution in [0.3, 0.4) is 0 Å². The van der Waals surface area contributed by atoms with Crippen molar-refractivity contribution in [2.45, 2.75) is 26.8 Å². The highest BCUT2D eigenvalue weighted by molar-refractivity contribution is 6.37. The number of hydrogen-bond acceptors (Lipinski definition) is 2. The standard InChI is InChI=1S/C10H13Cl2NO/c1-3-6-7(4-13)10(14)9(12)5(2)8(6)11/h14H,3-4,13H2,1-2H3. The van der Waals surface area contributed by atoms with Gasteiger partial charge in [-0.15, -0.1) is 0 Å². The molecule has 14 heavy (non-hydrogen) atoms. The summed E-state index contributed by atoms with van der Waals surface area (Å²) in [6.07, 6.45) is 0.733. The number of phenolic OH excluding ortho intramolecular Hbond substituents is 1. The summed E-state index contributed by atoms with van der Waals surface area (Å²) in [5, 5.41) is 10.7. The molecule has 0 atom stereocenters. The number of rotatable bonds is 2. The van der Waals surface area contributed by atoms with Gasteiger partial charge in [0, 0.05) is 17.1 Å². The lowest BCUT2D eigenvalue weighted by molar-refractivity contribution is 0.467. The second kappa shape index (κ2) is 4.39. The van der Waals surface area contributed by atoms with Crippen molar-refractivity contribution in [2.24, 2.45) is 5.73 Å². The van der Waals surface area contributed by atoms with Crippen molar-refractivity contribution in [3.63, 3.8) is 0 Å². The summed E-state index contributed by atoms with van der Waals surface area (Å²) >= 11 is 12.0. The Balaban J connectivity index is 3.57. The molecule has 3 N–H and O–H groups in total. The summed E-state index contributed by atoms with van der Waals surface area (Å²) in [4.78, 5) is 0. The molecule has 0 heterocycles. The Morgan fingerprint density at radius 3 is 2.21 bits per heavy atom. The molecular weight excluding hydrogens is 221 g/mol. The fraction of sp³-hybridized carbons (Fsp3) is 0.400. The molecule has 2 nitrogen and oxygen atoms in total. The normalized spacial score (nSPS) is 10.6. The molecular formula is C10H13Cl2NO. The van der Waals surface area contributed by atoms with Gasteiger partial charge in [-0.1, -0.05) is 30.1 Å². The Bertz CT molecular complexity index is 329. The van der Waals surface area contributed by atoms with Crippen LogP contribution in [0.2, 0.25) is 10.0 Å². The third kappa shape index (κ3) is 1.70. The molecule has 0 bridgehead atoms. The third-order valence-corrected chi connectivity index (χ3v) is 3.31. The van der Waals surface area contributed by atoms with Crippen molar-refractivity contribution >= 4 is 23.2 Å². The van der Waals surface area contributed by atoms with E-state index in [2.05, 4.69) is 0 Å². The molecule has 0 aliphatic carbocycles. The van der Waals surface area contributed by atoms with E-state index in [4.69, 9.17) is 28.9 Å². The van der Waals surface area contributed by atoms with Gasteiger partial charge in [0.05, 0.1) is 5.02 Å². The molecule has 1 aromatic carbocycles. The van der Waals surface area contributed by atoms with Gasteiger partial charge in [0.2, 0.25) is 0 Å². The lowest BCUT2D eigenvalue weighted by Crippen LogP contribution is -2.04. The van der Waals surface area contributed by atoms with Crippen molar-refractivity contribution in [3.8, 4) is 5.75 Å². The van der Waals surface area contributed by atoms with Crippen molar-refractivity contribution in [3.05, 3.63) is 26.7 Å². The predicted molar refractivity (Wildman–Crippen MR) is 60.1 cm³/mol. The Kier molecular flexibility index (Phi) is 3.65. The van der Waals surface area contributed by atoms with Gasteiger partial charge in [0.1, 0.15) is 5.75 Å². The van der Waals surface area contributed by atoms with Gasteiger partial charge in [-0.3, -0.25) is 0 Å². The number of halogens is 2. The van der Waals surface area contributed by atoms with Gasteiger partial charge < -0.3 is 10.8 Å². The maximum absolute atomic E-state index is 9.74. The average Bonchev–Trinajstić information content (AvgIpc) is 2.20. The zero-order valence-electron chi connectivity index (χ0n) is 8.19. The van der Waals surface area contributed by atoms with E-state index in [1.165, 1.54) is 0 Å². The summed E-state index contributed by atoms with van der Waals surface area (Å²) in [5.74, 6) is 0.0629. The highest BCUT2D eigenvalue weighted by atomic mass is 35.5. The van der Waals surface area contributed by atoms with E-state index in [9.17, 15) is 5.11 Å². The molecule has 0 saturated heterocycles. The molecule has 0 aliphatic rings. The first-order valence-corrected chi connectivity index (χ1v) is 5.18. The maximum atomic E-state index is 9.74. The molecule has 0 spiro atoms. The first-order valence-electron chi connectivity index (χ1n) is 4.42. The number of nitrogens with two attached hydrogens (primary N) is 1. The lowest BCUT2D eigenvalue weighted by Gasteiger charge is -2.14. The summed E-state index contributed by atoms with van der Waals surface area (Å²) in [6, 6.07) is 0. The van der Waals surface area contributed by atoms with Crippen LogP contribution < -0.4 is 5.73 Å². The van der Waals surface area contributed by atoms with Gasteiger partial charge >= 0.3 is 0 Å². The van der Waals surface area contributed by atoms with Crippen LogP contribution in [0, 0.1) is 6.92 Å². The summed E-state index contributed by atoms with van der Waals surface area (Å²) in [5.41, 5.74) is 7.78. The van der Waals surface area contributed by atoms with Crippen molar-refractivity contribution in [2.75, 3.05) is 0 Å². The van der Waals surface area contributed by atoms with E-state index < -0.39 is 0 Å². The monoisotopic (exact) mass is 233 g/mol. The van der Waals surface area contributed by atoms with Crippen LogP contribution >= 0.6 is 23.2 Å². The van der Waals surface area contributed by atoms with Crippen LogP contribution in [0.25, 0.3) is 0 Å². The number of phenols is 1. The minimum atomic E-state index is 0.0629. The van der Waals surface area contributed by atoms with Crippen LogP contribution in [0.1, 0.15) is 23.6 Å². The smallest absolute Gasteiger partial charge is 0.139 e. The second-order valence-corrected chi connectivity index (χ2v) is 3.87. The third-order valence-electron chi connectivity index (χ3n) is 2.34. The molecule has 0 aromatic heterocycles. The Morgan fingerprint density at radius 1 is 1.21 bits per heavy atom. The van der Waals surface area contributed by atoms with E-state index in [1.54, 1.807) is 6.92 Å². The highest BCUT2D eigenvalue weighted by Gasteiger charge is 2.17. The largest absolute Gasteiger partial charge is 0.506 e. The first kappa shape index (κ1) is 11.6. The van der Waals surface area contributed by atoms with E-state index in [-0.39, 0.29) is 12.3 Å². The van der Waals surface area contributed by atoms with Crippen LogP contribution in [-0.4, -0.2) is 5.11 Å². The van der Waals surface area contributed by atoms with E-state index >= 15 is 0 Å². The number of hydrogen-bond donors (Lipinski definition) is 2. The zero-order chi connectivity index (χ0) is 10.9. The molecule has 1 aromatic rings. The molecule has 78 valence electrons. The summed E-state index contributed by atoms with van der Waals surface area (Å²) < 4.78 is 0. The topological polar surface area (TPSA) is 46.2 Å². The van der Waals surface area contributed by atoms with Crippen molar-refractivity contribution in [1.29, 1.82) is 0 Å². The molecule has 4 heteroatoms. The van der Waals surface area contributed by atoms with Crippen LogP contribution in [-0.2, 0) is 13.0 Å². The molecule has 0 aliphatic heterocycles. The van der Waals surface area contributed by atoms with Crippen molar-refractivity contribution < 1.29 is 5.11 Å². The number of benzene rings is 1. The zero-order valence-corrected chi connectivity index (χ0v) is 9.71. The summed E-state index contributed by atoms with van der Waals surface area (Å²) in [6.45, 7) is 3.99. The molecule has 1 rings (SSSR count). The Hall–Kier alpha value is -0.440. The average molecular weight is 234 g/mol. The highest BCUT2D eigenvalue weighted by Crippen LogP contribution is 2.39. The maximum Gasteiger partial charge on any atom is 0.139 e. The van der Waals surface area contributed by atoms with E-state index in [0.29, 0.717) is 21.2 Å². The van der Waals surface area contributed by atoms with Gasteiger partial charge in [0.25, 0.3) is 0 Å². The molecule has 0 unspecified atom stereocenters. The van der Waals surface area contributed by atoms with E-state index in [0.717, 1.165) is 12.0 Å². The van der Waals surface area contributed by atoms with Crippen LogP contribution in [0.15, 0.2) is 0 Å². The predicted octanol–water partition coefficient (Wildman–Crippen LogP) is 3.03. The van der Waals surface area contributed by atoms with Gasteiger partial charge in [-0.05, 0) is 24.5 Å². The Labute approximate surface area is 93.6 Å². The fourth-order valence-corrected chi connectivity index (χ4v) is 2.10. The summed E-state index contributed by atoms with van der Waals surface area (Å²) in [7, 11) is 0. The lowest BCUT2D eigenvalue weighted by atomic mass is 10.0. The van der Waals surface area contributed by atoms with Crippen LogP contribution in [0.5, 0.6) is 5.75 Å². The van der Waals surface area contributed by atoms with E-state index in [1.807, 2.05) is 6.92 Å². The first-order chi connectivity index (χ1) is 6.54. The van der Waals surface area contributed by atoms with Gasteiger partial charge in [-0.25, -0.2) is 0 Å². The van der Waals surface area contributed by atoms with Crippen LogP contribution in [0.4, 0.5) is 0 Å². The SMILES string of the molecule is CCc1c(Cl)c(C)c(Cl)c(O)c1CN. The molecule has 0 fully saturated rings. The minimum Gasteiger partial charge on any atom is -0.506 e. The van der Waals surface area contributed by atoms with Gasteiger partial charge in [0.15, 0.2) is 0 Å². The molecule has 0 amide bonds. The quantitative estimate of drug-likeness (QED) is 0.826. The second-order valence-electron chi connectivity index (χ2n) is 3.12. The molecule has 0 radical (unpaired) electrons. The fourth-order valence-electron chi connectivity index (χ4n) is 1.50. The van der Waals surface area contributed by atoms with Crippen molar-refractivity contribution in [1.82, 2.24) is 0 Å².